The Labute approximate surface area is 150 Å². The lowest BCUT2D eigenvalue weighted by atomic mass is 9.79. The Morgan fingerprint density at radius 3 is 2.40 bits per heavy atom. The first-order valence-corrected chi connectivity index (χ1v) is 9.37. The number of benzene rings is 1. The maximum absolute atomic E-state index is 11.0. The minimum atomic E-state index is -0.738. The van der Waals surface area contributed by atoms with Crippen LogP contribution >= 0.6 is 0 Å². The van der Waals surface area contributed by atoms with Crippen LogP contribution in [0.15, 0.2) is 60.8 Å². The summed E-state index contributed by atoms with van der Waals surface area (Å²) in [7, 11) is 0. The lowest BCUT2D eigenvalue weighted by Crippen LogP contribution is -2.44. The van der Waals surface area contributed by atoms with Gasteiger partial charge in [0.15, 0.2) is 0 Å². The van der Waals surface area contributed by atoms with Gasteiger partial charge in [0.25, 0.3) is 0 Å². The Hall–Kier alpha value is -1.97. The summed E-state index contributed by atoms with van der Waals surface area (Å²) in [4.78, 5) is 6.97. The third-order valence-electron chi connectivity index (χ3n) is 5.83. The lowest BCUT2D eigenvalue weighted by molar-refractivity contribution is -0.0271. The molecule has 25 heavy (non-hydrogen) atoms. The van der Waals surface area contributed by atoms with E-state index in [-0.39, 0.29) is 0 Å². The maximum Gasteiger partial charge on any atom is 0.107 e. The molecule has 4 rings (SSSR count). The number of hydrogen-bond donors (Lipinski definition) is 1. The Morgan fingerprint density at radius 2 is 1.76 bits per heavy atom. The van der Waals surface area contributed by atoms with Gasteiger partial charge in [0, 0.05) is 25.3 Å². The van der Waals surface area contributed by atoms with Crippen molar-refractivity contribution < 1.29 is 5.11 Å². The van der Waals surface area contributed by atoms with Crippen LogP contribution in [0.5, 0.6) is 0 Å². The second kappa shape index (κ2) is 7.11. The Morgan fingerprint density at radius 1 is 1.00 bits per heavy atom. The van der Waals surface area contributed by atoms with Crippen LogP contribution in [0, 0.1) is 0 Å². The van der Waals surface area contributed by atoms with Gasteiger partial charge in [0.2, 0.25) is 0 Å². The van der Waals surface area contributed by atoms with Crippen LogP contribution in [-0.2, 0) is 5.60 Å². The molecule has 0 radical (unpaired) electrons. The van der Waals surface area contributed by atoms with Crippen LogP contribution in [0.1, 0.15) is 43.4 Å². The summed E-state index contributed by atoms with van der Waals surface area (Å²) in [6.07, 6.45) is 8.98. The molecule has 1 aliphatic heterocycles. The monoisotopic (exact) mass is 334 g/mol. The number of pyridine rings is 1. The second-order valence-corrected chi connectivity index (χ2v) is 7.32. The van der Waals surface area contributed by atoms with Crippen LogP contribution in [0.25, 0.3) is 5.57 Å². The number of nitrogens with zero attached hydrogens (tertiary/aromatic N) is 2. The van der Waals surface area contributed by atoms with E-state index in [1.165, 1.54) is 11.1 Å². The summed E-state index contributed by atoms with van der Waals surface area (Å²) >= 11 is 0. The molecule has 1 saturated carbocycles. The van der Waals surface area contributed by atoms with Crippen molar-refractivity contribution in [2.45, 2.75) is 43.7 Å². The van der Waals surface area contributed by atoms with Crippen molar-refractivity contribution >= 4 is 5.57 Å². The van der Waals surface area contributed by atoms with E-state index in [1.54, 1.807) is 6.20 Å². The van der Waals surface area contributed by atoms with E-state index in [1.807, 2.05) is 18.2 Å². The predicted molar refractivity (Wildman–Crippen MR) is 101 cm³/mol. The molecular formula is C22H26N2O. The molecule has 2 aromatic rings. The number of aromatic nitrogens is 1. The van der Waals surface area contributed by atoms with Crippen LogP contribution in [0.2, 0.25) is 0 Å². The molecule has 0 atom stereocenters. The highest BCUT2D eigenvalue weighted by Gasteiger charge is 2.37. The summed E-state index contributed by atoms with van der Waals surface area (Å²) in [6, 6.07) is 17.1. The largest absolute Gasteiger partial charge is 0.384 e. The minimum absolute atomic E-state index is 0.581. The molecule has 0 saturated heterocycles. The van der Waals surface area contributed by atoms with Gasteiger partial charge >= 0.3 is 0 Å². The van der Waals surface area contributed by atoms with E-state index < -0.39 is 5.60 Å². The molecule has 0 bridgehead atoms. The predicted octanol–water partition coefficient (Wildman–Crippen LogP) is 4.00. The topological polar surface area (TPSA) is 36.4 Å². The maximum atomic E-state index is 11.0. The summed E-state index contributed by atoms with van der Waals surface area (Å²) in [5.41, 5.74) is 2.92. The number of hydrogen-bond acceptors (Lipinski definition) is 3. The van der Waals surface area contributed by atoms with Crippen molar-refractivity contribution in [3.05, 3.63) is 72.1 Å². The molecule has 130 valence electrons. The summed E-state index contributed by atoms with van der Waals surface area (Å²) in [6.45, 7) is 2.14. The molecule has 0 unspecified atom stereocenters. The van der Waals surface area contributed by atoms with E-state index in [4.69, 9.17) is 0 Å². The van der Waals surface area contributed by atoms with E-state index in [0.717, 1.165) is 50.9 Å². The Bertz CT molecular complexity index is 718. The molecule has 1 aliphatic carbocycles. The third-order valence-corrected chi connectivity index (χ3v) is 5.83. The number of aliphatic hydroxyl groups is 1. The first kappa shape index (κ1) is 16.5. The quantitative estimate of drug-likeness (QED) is 0.921. The van der Waals surface area contributed by atoms with Gasteiger partial charge in [-0.25, -0.2) is 0 Å². The zero-order chi connectivity index (χ0) is 17.1. The minimum Gasteiger partial charge on any atom is -0.384 e. The third kappa shape index (κ3) is 3.53. The molecule has 3 heteroatoms. The molecule has 2 aliphatic rings. The first-order valence-electron chi connectivity index (χ1n) is 9.37. The molecular weight excluding hydrogens is 308 g/mol. The second-order valence-electron chi connectivity index (χ2n) is 7.32. The Kier molecular flexibility index (Phi) is 4.69. The molecule has 0 spiro atoms. The highest BCUT2D eigenvalue weighted by atomic mass is 16.3. The van der Waals surface area contributed by atoms with Crippen LogP contribution in [-0.4, -0.2) is 34.1 Å². The smallest absolute Gasteiger partial charge is 0.107 e. The fourth-order valence-corrected chi connectivity index (χ4v) is 4.27. The molecule has 3 nitrogen and oxygen atoms in total. The average molecular weight is 334 g/mol. The molecule has 1 aromatic carbocycles. The van der Waals surface area contributed by atoms with Gasteiger partial charge in [0.1, 0.15) is 5.60 Å². The first-order chi connectivity index (χ1) is 12.2. The van der Waals surface area contributed by atoms with Gasteiger partial charge in [-0.3, -0.25) is 9.88 Å². The van der Waals surface area contributed by atoms with Gasteiger partial charge < -0.3 is 5.11 Å². The number of rotatable bonds is 3. The van der Waals surface area contributed by atoms with Crippen molar-refractivity contribution in [3.63, 3.8) is 0 Å². The van der Waals surface area contributed by atoms with Crippen molar-refractivity contribution in [1.82, 2.24) is 9.88 Å². The summed E-state index contributed by atoms with van der Waals surface area (Å²) in [5, 5.41) is 11.0. The van der Waals surface area contributed by atoms with E-state index in [0.29, 0.717) is 6.04 Å². The van der Waals surface area contributed by atoms with Gasteiger partial charge in [-0.1, -0.05) is 42.5 Å². The van der Waals surface area contributed by atoms with Crippen LogP contribution < -0.4 is 0 Å². The molecule has 1 aromatic heterocycles. The highest BCUT2D eigenvalue weighted by Crippen LogP contribution is 2.38. The van der Waals surface area contributed by atoms with Crippen molar-refractivity contribution in [2.24, 2.45) is 0 Å². The van der Waals surface area contributed by atoms with Gasteiger partial charge in [-0.15, -0.1) is 0 Å². The zero-order valence-electron chi connectivity index (χ0n) is 14.6. The van der Waals surface area contributed by atoms with Gasteiger partial charge in [-0.2, -0.15) is 0 Å². The van der Waals surface area contributed by atoms with E-state index >= 15 is 0 Å². The average Bonchev–Trinajstić information content (AvgIpc) is 2.70. The lowest BCUT2D eigenvalue weighted by Gasteiger charge is -2.41. The van der Waals surface area contributed by atoms with Crippen molar-refractivity contribution in [2.75, 3.05) is 13.1 Å². The summed E-state index contributed by atoms with van der Waals surface area (Å²) < 4.78 is 0. The Balaban J connectivity index is 1.37. The zero-order valence-corrected chi connectivity index (χ0v) is 14.6. The standard InChI is InChI=1S/C22H26N2O/c25-22(21-8-4-5-15-23-21)13-9-20(10-14-22)24-16-11-19(12-17-24)18-6-2-1-3-7-18/h1-8,11,15,20,25H,9-10,12-14,16-17H2/t20-,22+. The van der Waals surface area contributed by atoms with Crippen molar-refractivity contribution in [3.8, 4) is 0 Å². The van der Waals surface area contributed by atoms with Crippen molar-refractivity contribution in [1.29, 1.82) is 0 Å². The molecule has 2 heterocycles. The SMILES string of the molecule is O[C@]1(c2ccccn2)CC[C@H](N2CC=C(c3ccccc3)CC2)CC1. The van der Waals surface area contributed by atoms with Crippen LogP contribution in [0.4, 0.5) is 0 Å². The van der Waals surface area contributed by atoms with E-state index in [2.05, 4.69) is 46.3 Å². The molecule has 0 amide bonds. The molecule has 1 fully saturated rings. The highest BCUT2D eigenvalue weighted by molar-refractivity contribution is 5.66. The normalized spacial score (nSPS) is 27.7. The van der Waals surface area contributed by atoms with Gasteiger partial charge in [-0.05, 0) is 55.4 Å². The fourth-order valence-electron chi connectivity index (χ4n) is 4.27. The summed E-state index contributed by atoms with van der Waals surface area (Å²) in [5.74, 6) is 0. The van der Waals surface area contributed by atoms with Gasteiger partial charge in [0.05, 0.1) is 5.69 Å². The fraction of sp³-hybridized carbons (Fsp3) is 0.409. The molecule has 1 N–H and O–H groups in total. The van der Waals surface area contributed by atoms with E-state index in [9.17, 15) is 5.11 Å². The van der Waals surface area contributed by atoms with Crippen LogP contribution in [0.3, 0.4) is 0 Å².